The molecule has 0 aliphatic heterocycles. The summed E-state index contributed by atoms with van der Waals surface area (Å²) in [5.74, 6) is 0.134. The first-order valence-corrected chi connectivity index (χ1v) is 12.1. The molecule has 0 saturated heterocycles. The number of halogens is 1. The van der Waals surface area contributed by atoms with Crippen molar-refractivity contribution < 1.29 is 17.7 Å². The van der Waals surface area contributed by atoms with Crippen LogP contribution in [0.5, 0.6) is 5.75 Å². The molecule has 3 heterocycles. The van der Waals surface area contributed by atoms with Crippen LogP contribution in [0, 0.1) is 0 Å². The zero-order chi connectivity index (χ0) is 23.4. The molecule has 0 amide bonds. The van der Waals surface area contributed by atoms with Crippen LogP contribution in [0.3, 0.4) is 0 Å². The predicted molar refractivity (Wildman–Crippen MR) is 126 cm³/mol. The number of aryl methyl sites for hydroxylation is 1. The van der Waals surface area contributed by atoms with Gasteiger partial charge in [0.2, 0.25) is 0 Å². The molecule has 0 bridgehead atoms. The van der Waals surface area contributed by atoms with Crippen molar-refractivity contribution in [3.8, 4) is 11.4 Å². The highest BCUT2D eigenvalue weighted by Crippen LogP contribution is 2.19. The van der Waals surface area contributed by atoms with Gasteiger partial charge in [-0.3, -0.25) is 23.9 Å². The summed E-state index contributed by atoms with van der Waals surface area (Å²) >= 11 is 5.82. The number of benzene rings is 1. The minimum atomic E-state index is -3.98. The Kier molecular flexibility index (Phi) is 6.73. The van der Waals surface area contributed by atoms with Crippen molar-refractivity contribution in [2.24, 2.45) is 0 Å². The minimum absolute atomic E-state index is 0.217. The number of hydrogen-bond donors (Lipinski definition) is 1. The third-order valence-corrected chi connectivity index (χ3v) is 5.94. The summed E-state index contributed by atoms with van der Waals surface area (Å²) in [5.41, 5.74) is 2.59. The van der Waals surface area contributed by atoms with E-state index in [1.165, 1.54) is 16.8 Å². The van der Waals surface area contributed by atoms with Crippen molar-refractivity contribution in [1.82, 2.24) is 14.5 Å². The number of rotatable bonds is 8. The summed E-state index contributed by atoms with van der Waals surface area (Å²) in [7, 11) is -3.98. The van der Waals surface area contributed by atoms with E-state index in [4.69, 9.17) is 20.9 Å². The SMILES string of the molecule is O=c1cc(OCc2ccc(Cl)cn2)ccn1-c1ccc2nc(CCCS(=O)(=O)O)ccc2c1. The van der Waals surface area contributed by atoms with E-state index >= 15 is 0 Å². The van der Waals surface area contributed by atoms with Crippen molar-refractivity contribution in [2.45, 2.75) is 19.4 Å². The van der Waals surface area contributed by atoms with Gasteiger partial charge in [0.15, 0.2) is 0 Å². The molecule has 170 valence electrons. The van der Waals surface area contributed by atoms with E-state index in [0.717, 1.165) is 16.6 Å². The van der Waals surface area contributed by atoms with E-state index in [2.05, 4.69) is 9.97 Å². The van der Waals surface area contributed by atoms with Gasteiger partial charge in [-0.1, -0.05) is 17.7 Å². The minimum Gasteiger partial charge on any atom is -0.487 e. The second-order valence-corrected chi connectivity index (χ2v) is 9.40. The molecule has 4 rings (SSSR count). The fourth-order valence-electron chi connectivity index (χ4n) is 3.29. The highest BCUT2D eigenvalue weighted by molar-refractivity contribution is 7.85. The molecule has 0 aliphatic carbocycles. The van der Waals surface area contributed by atoms with Gasteiger partial charge in [-0.05, 0) is 55.3 Å². The molecule has 0 spiro atoms. The van der Waals surface area contributed by atoms with Crippen LogP contribution in [0.25, 0.3) is 16.6 Å². The van der Waals surface area contributed by atoms with E-state index in [0.29, 0.717) is 28.6 Å². The molecule has 0 atom stereocenters. The lowest BCUT2D eigenvalue weighted by Crippen LogP contribution is -2.16. The maximum Gasteiger partial charge on any atom is 0.264 e. The lowest BCUT2D eigenvalue weighted by molar-refractivity contribution is 0.300. The molecule has 1 aromatic carbocycles. The molecule has 0 unspecified atom stereocenters. The van der Waals surface area contributed by atoms with Gasteiger partial charge in [-0.2, -0.15) is 8.42 Å². The largest absolute Gasteiger partial charge is 0.487 e. The number of fused-ring (bicyclic) bond motifs is 1. The summed E-state index contributed by atoms with van der Waals surface area (Å²) in [6, 6.07) is 15.7. The highest BCUT2D eigenvalue weighted by atomic mass is 35.5. The first kappa shape index (κ1) is 22.9. The monoisotopic (exact) mass is 485 g/mol. The smallest absolute Gasteiger partial charge is 0.264 e. The van der Waals surface area contributed by atoms with Gasteiger partial charge < -0.3 is 4.74 Å². The molecule has 4 aromatic rings. The first-order chi connectivity index (χ1) is 15.8. The molecular weight excluding hydrogens is 466 g/mol. The van der Waals surface area contributed by atoms with Crippen LogP contribution in [0.4, 0.5) is 0 Å². The van der Waals surface area contributed by atoms with E-state index in [9.17, 15) is 13.2 Å². The van der Waals surface area contributed by atoms with Gasteiger partial charge in [-0.15, -0.1) is 0 Å². The molecule has 0 fully saturated rings. The van der Waals surface area contributed by atoms with Gasteiger partial charge in [0.1, 0.15) is 12.4 Å². The second kappa shape index (κ2) is 9.70. The standard InChI is InChI=1S/C23H20ClN3O5S/c24-17-4-6-19(25-14-17)15-32-21-9-10-27(23(28)13-21)20-7-8-22-16(12-20)3-5-18(26-22)2-1-11-33(29,30)31/h3-10,12-14H,1-2,11,15H2,(H,29,30,31). The van der Waals surface area contributed by atoms with Crippen molar-refractivity contribution in [1.29, 1.82) is 0 Å². The zero-order valence-electron chi connectivity index (χ0n) is 17.4. The van der Waals surface area contributed by atoms with E-state index in [1.807, 2.05) is 12.1 Å². The average Bonchev–Trinajstić information content (AvgIpc) is 2.77. The zero-order valence-corrected chi connectivity index (χ0v) is 19.0. The fraction of sp³-hybridized carbons (Fsp3) is 0.174. The van der Waals surface area contributed by atoms with Crippen LogP contribution in [-0.2, 0) is 23.1 Å². The molecule has 0 aliphatic rings. The highest BCUT2D eigenvalue weighted by Gasteiger charge is 2.08. The maximum atomic E-state index is 12.7. The van der Waals surface area contributed by atoms with Crippen molar-refractivity contribution in [3.05, 3.63) is 93.8 Å². The summed E-state index contributed by atoms with van der Waals surface area (Å²) < 4.78 is 37.7. The maximum absolute atomic E-state index is 12.7. The number of nitrogens with zero attached hydrogens (tertiary/aromatic N) is 3. The average molecular weight is 486 g/mol. The van der Waals surface area contributed by atoms with Crippen molar-refractivity contribution in [3.63, 3.8) is 0 Å². The number of pyridine rings is 3. The van der Waals surface area contributed by atoms with Gasteiger partial charge in [-0.25, -0.2) is 0 Å². The Hall–Kier alpha value is -3.27. The molecule has 33 heavy (non-hydrogen) atoms. The topological polar surface area (TPSA) is 111 Å². The molecular formula is C23H20ClN3O5S. The first-order valence-electron chi connectivity index (χ1n) is 10.1. The molecule has 8 nitrogen and oxygen atoms in total. The van der Waals surface area contributed by atoms with Crippen molar-refractivity contribution >= 4 is 32.6 Å². The van der Waals surface area contributed by atoms with E-state index in [-0.39, 0.29) is 24.3 Å². The van der Waals surface area contributed by atoms with Gasteiger partial charge in [0.05, 0.1) is 22.0 Å². The molecule has 10 heteroatoms. The normalized spacial score (nSPS) is 11.6. The number of aromatic nitrogens is 3. The third-order valence-electron chi connectivity index (χ3n) is 4.91. The van der Waals surface area contributed by atoms with Crippen LogP contribution >= 0.6 is 11.6 Å². The Labute approximate surface area is 195 Å². The molecule has 1 N–H and O–H groups in total. The Morgan fingerprint density at radius 3 is 2.58 bits per heavy atom. The summed E-state index contributed by atoms with van der Waals surface area (Å²) in [5, 5.41) is 1.38. The summed E-state index contributed by atoms with van der Waals surface area (Å²) in [6.07, 6.45) is 3.90. The van der Waals surface area contributed by atoms with Crippen LogP contribution in [-0.4, -0.2) is 33.3 Å². The quantitative estimate of drug-likeness (QED) is 0.377. The Morgan fingerprint density at radius 1 is 1.03 bits per heavy atom. The fourth-order valence-corrected chi connectivity index (χ4v) is 3.91. The van der Waals surface area contributed by atoms with Crippen LogP contribution in [0.2, 0.25) is 5.02 Å². The third kappa shape index (κ3) is 6.16. The van der Waals surface area contributed by atoms with E-state index in [1.54, 1.807) is 42.6 Å². The van der Waals surface area contributed by atoms with E-state index < -0.39 is 10.1 Å². The Bertz CT molecular complexity index is 1450. The number of ether oxygens (including phenoxy) is 1. The predicted octanol–water partition coefficient (Wildman–Crippen LogP) is 3.83. The van der Waals surface area contributed by atoms with Gasteiger partial charge in [0, 0.05) is 35.2 Å². The molecule has 0 saturated carbocycles. The summed E-state index contributed by atoms with van der Waals surface area (Å²) in [4.78, 5) is 21.3. The lowest BCUT2D eigenvalue weighted by atomic mass is 10.1. The Morgan fingerprint density at radius 2 is 1.85 bits per heavy atom. The van der Waals surface area contributed by atoms with Crippen molar-refractivity contribution in [2.75, 3.05) is 5.75 Å². The van der Waals surface area contributed by atoms with Gasteiger partial charge >= 0.3 is 0 Å². The number of hydrogen-bond acceptors (Lipinski definition) is 6. The van der Waals surface area contributed by atoms with Crippen LogP contribution < -0.4 is 10.3 Å². The molecule has 0 radical (unpaired) electrons. The van der Waals surface area contributed by atoms with Crippen LogP contribution in [0.15, 0.2) is 71.8 Å². The Balaban J connectivity index is 1.47. The summed E-state index contributed by atoms with van der Waals surface area (Å²) in [6.45, 7) is 0.217. The molecule has 3 aromatic heterocycles. The second-order valence-electron chi connectivity index (χ2n) is 7.40. The van der Waals surface area contributed by atoms with Crippen LogP contribution in [0.1, 0.15) is 17.8 Å². The van der Waals surface area contributed by atoms with Gasteiger partial charge in [0.25, 0.3) is 15.7 Å². The lowest BCUT2D eigenvalue weighted by Gasteiger charge is -2.10.